The van der Waals surface area contributed by atoms with Crippen LogP contribution in [-0.4, -0.2) is 10.1 Å². The second kappa shape index (κ2) is 2.98. The van der Waals surface area contributed by atoms with Crippen molar-refractivity contribution in [3.63, 3.8) is 0 Å². The number of hydrogen-bond donors (Lipinski definition) is 1. The standard InChI is InChI=1S/C5H9N3O.ClH/c1-5(2,6)4-7-3-9-8-4;/h3H,6H2,1-2H3;1H. The molecule has 0 aliphatic heterocycles. The van der Waals surface area contributed by atoms with Crippen molar-refractivity contribution in [3.8, 4) is 0 Å². The van der Waals surface area contributed by atoms with Crippen LogP contribution < -0.4 is 5.73 Å². The van der Waals surface area contributed by atoms with Gasteiger partial charge < -0.3 is 10.3 Å². The van der Waals surface area contributed by atoms with Gasteiger partial charge in [0, 0.05) is 0 Å². The van der Waals surface area contributed by atoms with E-state index < -0.39 is 5.54 Å². The third-order valence-electron chi connectivity index (χ3n) is 0.938. The van der Waals surface area contributed by atoms with Crippen LogP contribution in [0, 0.1) is 0 Å². The molecule has 1 heterocycles. The molecule has 0 saturated carbocycles. The quantitative estimate of drug-likeness (QED) is 0.662. The number of rotatable bonds is 1. The van der Waals surface area contributed by atoms with E-state index in [2.05, 4.69) is 14.7 Å². The van der Waals surface area contributed by atoms with Crippen LogP contribution in [0.4, 0.5) is 0 Å². The molecule has 0 fully saturated rings. The van der Waals surface area contributed by atoms with Crippen LogP contribution in [0.15, 0.2) is 10.9 Å². The van der Waals surface area contributed by atoms with E-state index >= 15 is 0 Å². The fraction of sp³-hybridized carbons (Fsp3) is 0.600. The van der Waals surface area contributed by atoms with Crippen LogP contribution in [0.3, 0.4) is 0 Å². The van der Waals surface area contributed by atoms with E-state index in [1.54, 1.807) is 0 Å². The first-order chi connectivity index (χ1) is 4.11. The van der Waals surface area contributed by atoms with Crippen LogP contribution in [0.1, 0.15) is 19.7 Å². The van der Waals surface area contributed by atoms with Gasteiger partial charge in [-0.2, -0.15) is 4.98 Å². The van der Waals surface area contributed by atoms with Gasteiger partial charge in [0.05, 0.1) is 5.54 Å². The van der Waals surface area contributed by atoms with Crippen LogP contribution in [0.25, 0.3) is 0 Å². The van der Waals surface area contributed by atoms with Crippen molar-refractivity contribution in [2.45, 2.75) is 19.4 Å². The summed E-state index contributed by atoms with van der Waals surface area (Å²) in [7, 11) is 0. The van der Waals surface area contributed by atoms with Crippen molar-refractivity contribution in [2.24, 2.45) is 5.73 Å². The number of nitrogens with two attached hydrogens (primary N) is 1. The molecule has 1 aromatic heterocycles. The highest BCUT2D eigenvalue weighted by atomic mass is 35.5. The van der Waals surface area contributed by atoms with E-state index in [0.29, 0.717) is 5.82 Å². The van der Waals surface area contributed by atoms with Crippen LogP contribution in [0.5, 0.6) is 0 Å². The van der Waals surface area contributed by atoms with Gasteiger partial charge in [0.25, 0.3) is 0 Å². The fourth-order valence-corrected chi connectivity index (χ4v) is 0.455. The molecule has 1 rings (SSSR count). The van der Waals surface area contributed by atoms with Crippen molar-refractivity contribution in [3.05, 3.63) is 12.2 Å². The highest BCUT2D eigenvalue weighted by Gasteiger charge is 2.18. The molecule has 0 spiro atoms. The molecule has 5 heteroatoms. The lowest BCUT2D eigenvalue weighted by molar-refractivity contribution is 0.388. The Balaban J connectivity index is 0.000000810. The Morgan fingerprint density at radius 2 is 2.20 bits per heavy atom. The summed E-state index contributed by atoms with van der Waals surface area (Å²) in [5.74, 6) is 0.530. The minimum Gasteiger partial charge on any atom is -0.343 e. The minimum atomic E-state index is -0.493. The molecule has 0 atom stereocenters. The van der Waals surface area contributed by atoms with Gasteiger partial charge in [0.1, 0.15) is 0 Å². The SMILES string of the molecule is CC(C)(N)c1ncon1.Cl. The largest absolute Gasteiger partial charge is 0.343 e. The van der Waals surface area contributed by atoms with E-state index in [1.807, 2.05) is 13.8 Å². The molecule has 0 amide bonds. The molecular weight excluding hydrogens is 154 g/mol. The molecule has 1 aromatic rings. The molecule has 0 bridgehead atoms. The monoisotopic (exact) mass is 163 g/mol. The highest BCUT2D eigenvalue weighted by Crippen LogP contribution is 2.09. The van der Waals surface area contributed by atoms with Crippen molar-refractivity contribution >= 4 is 12.4 Å². The van der Waals surface area contributed by atoms with E-state index in [-0.39, 0.29) is 12.4 Å². The zero-order valence-corrected chi connectivity index (χ0v) is 6.68. The Morgan fingerprint density at radius 1 is 1.60 bits per heavy atom. The molecule has 10 heavy (non-hydrogen) atoms. The molecular formula is C5H10ClN3O. The molecule has 0 aromatic carbocycles. The van der Waals surface area contributed by atoms with Crippen molar-refractivity contribution in [1.29, 1.82) is 0 Å². The molecule has 0 aliphatic carbocycles. The first-order valence-electron chi connectivity index (χ1n) is 2.66. The summed E-state index contributed by atoms with van der Waals surface area (Å²) in [5, 5.41) is 3.58. The summed E-state index contributed by atoms with van der Waals surface area (Å²) >= 11 is 0. The minimum absolute atomic E-state index is 0. The Morgan fingerprint density at radius 3 is 2.40 bits per heavy atom. The molecule has 4 nitrogen and oxygen atoms in total. The summed E-state index contributed by atoms with van der Waals surface area (Å²) in [6.45, 7) is 3.63. The number of hydrogen-bond acceptors (Lipinski definition) is 4. The predicted octanol–water partition coefficient (Wildman–Crippen LogP) is 0.685. The lowest BCUT2D eigenvalue weighted by Crippen LogP contribution is -2.29. The average molecular weight is 164 g/mol. The first kappa shape index (κ1) is 9.39. The third-order valence-corrected chi connectivity index (χ3v) is 0.938. The van der Waals surface area contributed by atoms with Crippen molar-refractivity contribution in [1.82, 2.24) is 10.1 Å². The predicted molar refractivity (Wildman–Crippen MR) is 38.8 cm³/mol. The molecule has 2 N–H and O–H groups in total. The van der Waals surface area contributed by atoms with Crippen LogP contribution in [0.2, 0.25) is 0 Å². The number of nitrogens with zero attached hydrogens (tertiary/aromatic N) is 2. The average Bonchev–Trinajstić information content (AvgIpc) is 2.08. The van der Waals surface area contributed by atoms with Gasteiger partial charge in [-0.25, -0.2) is 0 Å². The maximum atomic E-state index is 5.62. The van der Waals surface area contributed by atoms with Gasteiger partial charge in [-0.3, -0.25) is 0 Å². The summed E-state index contributed by atoms with van der Waals surface area (Å²) in [6, 6.07) is 0. The maximum Gasteiger partial charge on any atom is 0.213 e. The van der Waals surface area contributed by atoms with Gasteiger partial charge >= 0.3 is 0 Å². The lowest BCUT2D eigenvalue weighted by Gasteiger charge is -2.11. The van der Waals surface area contributed by atoms with Crippen LogP contribution >= 0.6 is 12.4 Å². The lowest BCUT2D eigenvalue weighted by atomic mass is 10.1. The van der Waals surface area contributed by atoms with E-state index in [0.717, 1.165) is 0 Å². The van der Waals surface area contributed by atoms with Crippen molar-refractivity contribution in [2.75, 3.05) is 0 Å². The summed E-state index contributed by atoms with van der Waals surface area (Å²) in [6.07, 6.45) is 1.27. The molecule has 0 aliphatic rings. The van der Waals surface area contributed by atoms with Gasteiger partial charge in [0.15, 0.2) is 5.82 Å². The zero-order valence-electron chi connectivity index (χ0n) is 5.87. The van der Waals surface area contributed by atoms with Gasteiger partial charge in [0.2, 0.25) is 6.39 Å². The third kappa shape index (κ3) is 1.97. The van der Waals surface area contributed by atoms with Crippen LogP contribution in [-0.2, 0) is 5.54 Å². The van der Waals surface area contributed by atoms with E-state index in [9.17, 15) is 0 Å². The molecule has 0 unspecified atom stereocenters. The fourth-order valence-electron chi connectivity index (χ4n) is 0.455. The zero-order chi connectivity index (χ0) is 6.91. The summed E-state index contributed by atoms with van der Waals surface area (Å²) < 4.78 is 4.50. The molecule has 0 radical (unpaired) electrons. The maximum absolute atomic E-state index is 5.62. The van der Waals surface area contributed by atoms with Gasteiger partial charge in [-0.05, 0) is 13.8 Å². The second-order valence-electron chi connectivity index (χ2n) is 2.48. The normalized spacial score (nSPS) is 10.7. The topological polar surface area (TPSA) is 64.9 Å². The number of halogens is 1. The Hall–Kier alpha value is -0.610. The highest BCUT2D eigenvalue weighted by molar-refractivity contribution is 5.85. The summed E-state index contributed by atoms with van der Waals surface area (Å²) in [4.78, 5) is 3.78. The smallest absolute Gasteiger partial charge is 0.213 e. The Labute approximate surface area is 65.2 Å². The number of aromatic nitrogens is 2. The molecule has 58 valence electrons. The van der Waals surface area contributed by atoms with E-state index in [1.165, 1.54) is 6.39 Å². The summed E-state index contributed by atoms with van der Waals surface area (Å²) in [5.41, 5.74) is 5.12. The van der Waals surface area contributed by atoms with Gasteiger partial charge in [-0.15, -0.1) is 12.4 Å². The first-order valence-corrected chi connectivity index (χ1v) is 2.66. The van der Waals surface area contributed by atoms with E-state index in [4.69, 9.17) is 5.73 Å². The second-order valence-corrected chi connectivity index (χ2v) is 2.48. The van der Waals surface area contributed by atoms with Gasteiger partial charge in [-0.1, -0.05) is 5.16 Å². The van der Waals surface area contributed by atoms with Crippen molar-refractivity contribution < 1.29 is 4.52 Å². The Bertz CT molecular complexity index is 179. The molecule has 0 saturated heterocycles. The Kier molecular flexibility index (Phi) is 2.80.